The molecular formula is C16H18N2O6S. The predicted molar refractivity (Wildman–Crippen MR) is 88.5 cm³/mol. The maximum atomic E-state index is 12.4. The van der Waals surface area contributed by atoms with Crippen molar-refractivity contribution in [2.75, 3.05) is 13.6 Å². The molecular weight excluding hydrogens is 348 g/mol. The van der Waals surface area contributed by atoms with Crippen molar-refractivity contribution in [2.24, 2.45) is 0 Å². The van der Waals surface area contributed by atoms with E-state index in [4.69, 9.17) is 9.52 Å². The molecule has 1 aromatic heterocycles. The summed E-state index contributed by atoms with van der Waals surface area (Å²) in [4.78, 5) is 24.0. The Bertz CT molecular complexity index is 874. The van der Waals surface area contributed by atoms with Crippen LogP contribution in [0.15, 0.2) is 45.9 Å². The highest BCUT2D eigenvalue weighted by Crippen LogP contribution is 2.17. The molecule has 0 aliphatic rings. The molecule has 2 aromatic rings. The lowest BCUT2D eigenvalue weighted by molar-refractivity contribution is -0.137. The molecule has 0 aliphatic heterocycles. The highest BCUT2D eigenvalue weighted by molar-refractivity contribution is 7.89. The van der Waals surface area contributed by atoms with Gasteiger partial charge in [0.05, 0.1) is 17.7 Å². The SMILES string of the molecule is Cc1ccc(S(=O)(=O)NCc2ccco2)cc1C(=O)N(C)CC(=O)O. The topological polar surface area (TPSA) is 117 Å². The van der Waals surface area contributed by atoms with Gasteiger partial charge in [0.2, 0.25) is 10.0 Å². The lowest BCUT2D eigenvalue weighted by Gasteiger charge is -2.17. The van der Waals surface area contributed by atoms with Gasteiger partial charge < -0.3 is 14.4 Å². The van der Waals surface area contributed by atoms with Crippen molar-refractivity contribution in [3.63, 3.8) is 0 Å². The van der Waals surface area contributed by atoms with Gasteiger partial charge in [0, 0.05) is 12.6 Å². The average molecular weight is 366 g/mol. The first-order valence-corrected chi connectivity index (χ1v) is 8.79. The fourth-order valence-electron chi connectivity index (χ4n) is 2.14. The molecule has 0 atom stereocenters. The van der Waals surface area contributed by atoms with Gasteiger partial charge >= 0.3 is 5.97 Å². The van der Waals surface area contributed by atoms with Crippen molar-refractivity contribution in [3.8, 4) is 0 Å². The van der Waals surface area contributed by atoms with Crippen molar-refractivity contribution in [1.82, 2.24) is 9.62 Å². The molecule has 0 fully saturated rings. The molecule has 0 unspecified atom stereocenters. The monoisotopic (exact) mass is 366 g/mol. The molecule has 1 heterocycles. The quantitative estimate of drug-likeness (QED) is 0.761. The third kappa shape index (κ3) is 4.68. The third-order valence-electron chi connectivity index (χ3n) is 3.49. The Labute approximate surface area is 145 Å². The number of carbonyl (C=O) groups is 2. The predicted octanol–water partition coefficient (Wildman–Crippen LogP) is 1.22. The lowest BCUT2D eigenvalue weighted by atomic mass is 10.1. The van der Waals surface area contributed by atoms with Crippen LogP contribution in [0.3, 0.4) is 0 Å². The summed E-state index contributed by atoms with van der Waals surface area (Å²) in [5.74, 6) is -1.27. The Hall–Kier alpha value is -2.65. The van der Waals surface area contributed by atoms with Crippen molar-refractivity contribution in [3.05, 3.63) is 53.5 Å². The first kappa shape index (κ1) is 18.7. The normalized spacial score (nSPS) is 11.3. The molecule has 25 heavy (non-hydrogen) atoms. The number of likely N-dealkylation sites (N-methyl/N-ethyl adjacent to an activating group) is 1. The molecule has 0 spiro atoms. The number of hydrogen-bond acceptors (Lipinski definition) is 5. The van der Waals surface area contributed by atoms with Gasteiger partial charge in [-0.3, -0.25) is 9.59 Å². The number of carbonyl (C=O) groups excluding carboxylic acids is 1. The van der Waals surface area contributed by atoms with Crippen LogP contribution >= 0.6 is 0 Å². The van der Waals surface area contributed by atoms with Gasteiger partial charge in [-0.05, 0) is 36.8 Å². The standard InChI is InChI=1S/C16H18N2O6S/c1-11-5-6-13(8-14(11)16(21)18(2)10-15(19)20)25(22,23)17-9-12-4-3-7-24-12/h3-8,17H,9-10H2,1-2H3,(H,19,20). The van der Waals surface area contributed by atoms with Crippen LogP contribution in [0, 0.1) is 6.92 Å². The molecule has 0 radical (unpaired) electrons. The number of rotatable bonds is 7. The van der Waals surface area contributed by atoms with Gasteiger partial charge in [0.15, 0.2) is 0 Å². The average Bonchev–Trinajstić information content (AvgIpc) is 3.05. The maximum absolute atomic E-state index is 12.4. The summed E-state index contributed by atoms with van der Waals surface area (Å²) in [6.45, 7) is 1.14. The number of carboxylic acids is 1. The first-order valence-electron chi connectivity index (χ1n) is 7.30. The maximum Gasteiger partial charge on any atom is 0.323 e. The Morgan fingerprint density at radius 3 is 2.60 bits per heavy atom. The minimum absolute atomic E-state index is 0.0224. The number of amides is 1. The number of nitrogens with one attached hydrogen (secondary N) is 1. The van der Waals surface area contributed by atoms with E-state index in [9.17, 15) is 18.0 Å². The van der Waals surface area contributed by atoms with Gasteiger partial charge in [-0.15, -0.1) is 0 Å². The fraction of sp³-hybridized carbons (Fsp3) is 0.250. The summed E-state index contributed by atoms with van der Waals surface area (Å²) >= 11 is 0. The zero-order chi connectivity index (χ0) is 18.6. The summed E-state index contributed by atoms with van der Waals surface area (Å²) in [6.07, 6.45) is 1.44. The molecule has 2 rings (SSSR count). The van der Waals surface area contributed by atoms with E-state index in [1.54, 1.807) is 19.1 Å². The highest BCUT2D eigenvalue weighted by atomic mass is 32.2. The molecule has 8 nitrogen and oxygen atoms in total. The number of benzene rings is 1. The van der Waals surface area contributed by atoms with Crippen LogP contribution in [-0.4, -0.2) is 43.9 Å². The van der Waals surface area contributed by atoms with Gasteiger partial charge in [-0.2, -0.15) is 0 Å². The van der Waals surface area contributed by atoms with Gasteiger partial charge in [0.25, 0.3) is 5.91 Å². The third-order valence-corrected chi connectivity index (χ3v) is 4.88. The number of furan rings is 1. The summed E-state index contributed by atoms with van der Waals surface area (Å²) < 4.78 is 32.2. The molecule has 0 bridgehead atoms. The summed E-state index contributed by atoms with van der Waals surface area (Å²) in [7, 11) is -2.52. The second kappa shape index (κ2) is 7.49. The van der Waals surface area contributed by atoms with Gasteiger partial charge in [-0.1, -0.05) is 6.07 Å². The molecule has 0 aliphatic carbocycles. The lowest BCUT2D eigenvalue weighted by Crippen LogP contribution is -2.32. The summed E-state index contributed by atoms with van der Waals surface area (Å²) in [5, 5.41) is 8.78. The number of nitrogens with zero attached hydrogens (tertiary/aromatic N) is 1. The summed E-state index contributed by atoms with van der Waals surface area (Å²) in [5.41, 5.74) is 0.678. The number of hydrogen-bond donors (Lipinski definition) is 2. The van der Waals surface area contributed by atoms with Crippen LogP contribution in [0.4, 0.5) is 0 Å². The van der Waals surface area contributed by atoms with E-state index in [1.165, 1.54) is 31.5 Å². The Morgan fingerprint density at radius 1 is 1.28 bits per heavy atom. The molecule has 1 amide bonds. The van der Waals surface area contributed by atoms with E-state index in [-0.39, 0.29) is 17.0 Å². The molecule has 2 N–H and O–H groups in total. The van der Waals surface area contributed by atoms with E-state index in [1.807, 2.05) is 0 Å². The Kier molecular flexibility index (Phi) is 5.60. The smallest absolute Gasteiger partial charge is 0.323 e. The van der Waals surface area contributed by atoms with Crippen LogP contribution in [0.2, 0.25) is 0 Å². The van der Waals surface area contributed by atoms with E-state index < -0.39 is 28.4 Å². The van der Waals surface area contributed by atoms with E-state index in [0.29, 0.717) is 11.3 Å². The minimum Gasteiger partial charge on any atom is -0.480 e. The number of sulfonamides is 1. The van der Waals surface area contributed by atoms with Crippen LogP contribution in [-0.2, 0) is 21.4 Å². The first-order chi connectivity index (χ1) is 11.7. The number of aliphatic carboxylic acids is 1. The van der Waals surface area contributed by atoms with Crippen LogP contribution < -0.4 is 4.72 Å². The van der Waals surface area contributed by atoms with Crippen molar-refractivity contribution in [2.45, 2.75) is 18.4 Å². The Balaban J connectivity index is 2.25. The van der Waals surface area contributed by atoms with Crippen molar-refractivity contribution >= 4 is 21.9 Å². The molecule has 0 saturated heterocycles. The highest BCUT2D eigenvalue weighted by Gasteiger charge is 2.21. The molecule has 0 saturated carbocycles. The fourth-order valence-corrected chi connectivity index (χ4v) is 3.16. The molecule has 1 aromatic carbocycles. The van der Waals surface area contributed by atoms with Crippen LogP contribution in [0.5, 0.6) is 0 Å². The molecule has 9 heteroatoms. The van der Waals surface area contributed by atoms with Crippen molar-refractivity contribution < 1.29 is 27.5 Å². The van der Waals surface area contributed by atoms with Gasteiger partial charge in [0.1, 0.15) is 12.3 Å². The van der Waals surface area contributed by atoms with Crippen LogP contribution in [0.1, 0.15) is 21.7 Å². The van der Waals surface area contributed by atoms with E-state index in [0.717, 1.165) is 4.90 Å². The second-order valence-corrected chi connectivity index (χ2v) is 7.20. The zero-order valence-corrected chi connectivity index (χ0v) is 14.5. The van der Waals surface area contributed by atoms with E-state index in [2.05, 4.69) is 4.72 Å². The largest absolute Gasteiger partial charge is 0.480 e. The summed E-state index contributed by atoms with van der Waals surface area (Å²) in [6, 6.07) is 7.40. The number of carboxylic acid groups (broad SMARTS) is 1. The number of aryl methyl sites for hydroxylation is 1. The van der Waals surface area contributed by atoms with E-state index >= 15 is 0 Å². The van der Waals surface area contributed by atoms with Gasteiger partial charge in [-0.25, -0.2) is 13.1 Å². The van der Waals surface area contributed by atoms with Crippen LogP contribution in [0.25, 0.3) is 0 Å². The Morgan fingerprint density at radius 2 is 2.00 bits per heavy atom. The van der Waals surface area contributed by atoms with Crippen molar-refractivity contribution in [1.29, 1.82) is 0 Å². The molecule has 134 valence electrons. The zero-order valence-electron chi connectivity index (χ0n) is 13.7. The minimum atomic E-state index is -3.85. The second-order valence-electron chi connectivity index (χ2n) is 5.44.